The first-order chi connectivity index (χ1) is 50.7. The molecule has 0 saturated carbocycles. The number of aliphatic hydroxyl groups excluding tert-OH is 1. The summed E-state index contributed by atoms with van der Waals surface area (Å²) in [6.07, 6.45) is 84.7. The molecule has 0 aromatic rings. The summed E-state index contributed by atoms with van der Waals surface area (Å²) < 4.78 is 68.6. The average Bonchev–Trinajstić information content (AvgIpc) is 0.918. The van der Waals surface area contributed by atoms with Crippen LogP contribution in [0.5, 0.6) is 0 Å². The van der Waals surface area contributed by atoms with E-state index in [-0.39, 0.29) is 25.7 Å². The molecule has 0 spiro atoms. The van der Waals surface area contributed by atoms with Crippen LogP contribution in [0.25, 0.3) is 0 Å². The van der Waals surface area contributed by atoms with Gasteiger partial charge in [-0.1, -0.05) is 303 Å². The van der Waals surface area contributed by atoms with E-state index in [0.717, 1.165) is 141 Å². The van der Waals surface area contributed by atoms with Gasteiger partial charge in [0, 0.05) is 25.7 Å². The molecule has 5 atom stereocenters. The van der Waals surface area contributed by atoms with Gasteiger partial charge in [-0.2, -0.15) is 0 Å². The highest BCUT2D eigenvalue weighted by molar-refractivity contribution is 7.47. The third-order valence-corrected chi connectivity index (χ3v) is 18.8. The van der Waals surface area contributed by atoms with Crippen LogP contribution < -0.4 is 0 Å². The molecule has 0 saturated heterocycles. The summed E-state index contributed by atoms with van der Waals surface area (Å²) in [6.45, 7) is 4.63. The lowest BCUT2D eigenvalue weighted by atomic mass is 10.0. The van der Waals surface area contributed by atoms with E-state index in [9.17, 15) is 43.2 Å². The van der Waals surface area contributed by atoms with E-state index in [1.807, 2.05) is 18.2 Å². The Morgan fingerprint density at radius 3 is 0.846 bits per heavy atom. The molecule has 19 heteroatoms. The molecule has 0 aliphatic rings. The van der Waals surface area contributed by atoms with Crippen LogP contribution in [0.1, 0.15) is 336 Å². The maximum Gasteiger partial charge on any atom is 0.472 e. The second kappa shape index (κ2) is 76.6. The van der Waals surface area contributed by atoms with E-state index < -0.39 is 97.5 Å². The van der Waals surface area contributed by atoms with Gasteiger partial charge in [0.1, 0.15) is 19.3 Å². The number of aliphatic hydroxyl groups is 1. The van der Waals surface area contributed by atoms with Crippen LogP contribution in [0.2, 0.25) is 0 Å². The molecule has 0 aliphatic carbocycles. The first kappa shape index (κ1) is 99.5. The summed E-state index contributed by atoms with van der Waals surface area (Å²) in [5.41, 5.74) is 0. The van der Waals surface area contributed by atoms with E-state index >= 15 is 0 Å². The van der Waals surface area contributed by atoms with Gasteiger partial charge in [-0.3, -0.25) is 37.3 Å². The molecule has 0 heterocycles. The van der Waals surface area contributed by atoms with Gasteiger partial charge in [0.05, 0.1) is 26.4 Å². The van der Waals surface area contributed by atoms with Crippen molar-refractivity contribution in [1.29, 1.82) is 0 Å². The Morgan fingerprint density at radius 2 is 0.519 bits per heavy atom. The predicted octanol–water partition coefficient (Wildman–Crippen LogP) is 23.9. The van der Waals surface area contributed by atoms with Crippen molar-refractivity contribution in [3.8, 4) is 0 Å². The van der Waals surface area contributed by atoms with Crippen LogP contribution >= 0.6 is 15.6 Å². The van der Waals surface area contributed by atoms with E-state index in [4.69, 9.17) is 37.0 Å². The average molecular weight is 1500 g/mol. The molecular formula is C85H146O17P2. The van der Waals surface area contributed by atoms with Crippen LogP contribution in [0, 0.1) is 0 Å². The first-order valence-corrected chi connectivity index (χ1v) is 43.8. The number of phosphoric ester groups is 2. The van der Waals surface area contributed by atoms with Crippen LogP contribution in [-0.4, -0.2) is 96.7 Å². The summed E-state index contributed by atoms with van der Waals surface area (Å²) >= 11 is 0. The number of allylic oxidation sites excluding steroid dienone is 20. The fraction of sp³-hybridized carbons (Fsp3) is 0.718. The number of hydrogen-bond acceptors (Lipinski definition) is 15. The minimum Gasteiger partial charge on any atom is -0.462 e. The number of rotatable bonds is 76. The molecule has 0 aromatic heterocycles. The lowest BCUT2D eigenvalue weighted by Gasteiger charge is -2.21. The predicted molar refractivity (Wildman–Crippen MR) is 427 cm³/mol. The number of esters is 4. The van der Waals surface area contributed by atoms with Crippen molar-refractivity contribution in [1.82, 2.24) is 0 Å². The molecule has 0 fully saturated rings. The Hall–Kier alpha value is -4.54. The first-order valence-electron chi connectivity index (χ1n) is 40.8. The third kappa shape index (κ3) is 75.7. The number of phosphoric acid groups is 2. The minimum atomic E-state index is -5.00. The molecule has 0 amide bonds. The van der Waals surface area contributed by atoms with Crippen LogP contribution in [0.3, 0.4) is 0 Å². The van der Waals surface area contributed by atoms with Gasteiger partial charge < -0.3 is 33.8 Å². The van der Waals surface area contributed by atoms with Gasteiger partial charge in [0.25, 0.3) is 0 Å². The second-order valence-corrected chi connectivity index (χ2v) is 29.9. The molecule has 3 N–H and O–H groups in total. The fourth-order valence-corrected chi connectivity index (χ4v) is 12.3. The van der Waals surface area contributed by atoms with E-state index in [1.54, 1.807) is 0 Å². The number of hydrogen-bond donors (Lipinski definition) is 3. The highest BCUT2D eigenvalue weighted by Gasteiger charge is 2.30. The molecule has 0 radical (unpaired) electrons. The maximum atomic E-state index is 13.1. The Balaban J connectivity index is 5.44. The number of ether oxygens (including phenoxy) is 4. The molecule has 17 nitrogen and oxygen atoms in total. The topological polar surface area (TPSA) is 237 Å². The van der Waals surface area contributed by atoms with Crippen LogP contribution in [0.15, 0.2) is 122 Å². The summed E-state index contributed by atoms with van der Waals surface area (Å²) in [6, 6.07) is 0. The molecule has 0 aromatic carbocycles. The van der Waals surface area contributed by atoms with Crippen LogP contribution in [0.4, 0.5) is 0 Å². The monoisotopic (exact) mass is 1500 g/mol. The smallest absolute Gasteiger partial charge is 0.462 e. The molecule has 0 rings (SSSR count). The van der Waals surface area contributed by atoms with Gasteiger partial charge in [-0.15, -0.1) is 0 Å². The summed E-state index contributed by atoms with van der Waals surface area (Å²) in [5.74, 6) is -2.29. The van der Waals surface area contributed by atoms with Crippen molar-refractivity contribution in [2.75, 3.05) is 39.6 Å². The number of carbonyl (C=O) groups excluding carboxylic acids is 4. The Morgan fingerprint density at radius 1 is 0.279 bits per heavy atom. The summed E-state index contributed by atoms with van der Waals surface area (Å²) in [7, 11) is -9.99. The highest BCUT2D eigenvalue weighted by Crippen LogP contribution is 2.45. The van der Waals surface area contributed by atoms with E-state index in [1.165, 1.54) is 109 Å². The van der Waals surface area contributed by atoms with E-state index in [2.05, 4.69) is 131 Å². The molecule has 2 unspecified atom stereocenters. The standard InChI is InChI=1S/C85H146O17P2/c1-5-9-13-17-21-25-29-33-37-38-39-40-44-46-50-54-58-62-66-70-83(88)96-76-81(102-85(90)72-68-64-60-56-52-48-43-36-32-28-24-20-16-12-8-4)78-100-104(93,94)98-74-79(86)73-97-103(91,92)99-77-80(101-84(89)71-67-63-59-55-51-47-42-35-31-27-23-19-15-11-7-3)75-95-82(87)69-65-61-57-53-49-45-41-34-30-26-22-18-14-10-6-2/h9,13,21,23-25,27-28,33,35-37,39-40,42-43,46,50,58,62,79-81,86H,5-8,10-12,14-20,22,26,29-32,34,38,41,44-45,47-49,51-57,59-61,63-78H2,1-4H3,(H,91,92)(H,93,94)/b13-9-,25-21-,27-23-,28-24-,37-33-,40-39-,42-35-,43-36-,50-46-,62-58-/t79-,80+,81+/m0/s1. The molecule has 598 valence electrons. The summed E-state index contributed by atoms with van der Waals surface area (Å²) in [4.78, 5) is 73.0. The zero-order valence-corrected chi connectivity index (χ0v) is 67.2. The minimum absolute atomic E-state index is 0.0311. The second-order valence-electron chi connectivity index (χ2n) is 27.0. The Labute approximate surface area is 632 Å². The number of unbranched alkanes of at least 4 members (excludes halogenated alkanes) is 30. The third-order valence-electron chi connectivity index (χ3n) is 16.9. The van der Waals surface area contributed by atoms with Gasteiger partial charge in [-0.05, 0) is 128 Å². The lowest BCUT2D eigenvalue weighted by molar-refractivity contribution is -0.161. The Kier molecular flexibility index (Phi) is 73.3. The van der Waals surface area contributed by atoms with Gasteiger partial charge in [0.15, 0.2) is 12.2 Å². The maximum absolute atomic E-state index is 13.1. The quantitative estimate of drug-likeness (QED) is 0.0169. The highest BCUT2D eigenvalue weighted by atomic mass is 31.2. The van der Waals surface area contributed by atoms with Crippen molar-refractivity contribution in [2.45, 2.75) is 354 Å². The van der Waals surface area contributed by atoms with Crippen molar-refractivity contribution < 1.29 is 80.2 Å². The normalized spacial score (nSPS) is 14.5. The zero-order chi connectivity index (χ0) is 76.0. The van der Waals surface area contributed by atoms with Crippen molar-refractivity contribution in [3.05, 3.63) is 122 Å². The van der Waals surface area contributed by atoms with Crippen molar-refractivity contribution in [2.24, 2.45) is 0 Å². The number of carbonyl (C=O) groups is 4. The van der Waals surface area contributed by atoms with E-state index in [0.29, 0.717) is 32.1 Å². The summed E-state index contributed by atoms with van der Waals surface area (Å²) in [5, 5.41) is 10.6. The van der Waals surface area contributed by atoms with Gasteiger partial charge in [-0.25, -0.2) is 9.13 Å². The lowest BCUT2D eigenvalue weighted by Crippen LogP contribution is -2.30. The molecule has 104 heavy (non-hydrogen) atoms. The van der Waals surface area contributed by atoms with Crippen LogP contribution in [-0.2, 0) is 65.4 Å². The fourth-order valence-electron chi connectivity index (χ4n) is 10.7. The zero-order valence-electron chi connectivity index (χ0n) is 65.4. The SMILES string of the molecule is CC/C=C\C/C=C\C/C=C\C/C=C\C/C=C\C/C=C\CCC(=O)OC[C@H](COP(=O)(O)OC[C@@H](O)COP(=O)(O)OC[C@@H](COC(=O)CCCCCCCCCCCCCCCCC)OC(=O)CCCCCCC/C=C\C/C=C\CCCCC)OC(=O)CCCCCCC/C=C\C/C=C\CCCCC. The largest absolute Gasteiger partial charge is 0.472 e. The molecular weight excluding hydrogens is 1350 g/mol. The molecule has 0 bridgehead atoms. The van der Waals surface area contributed by atoms with Crippen molar-refractivity contribution in [3.63, 3.8) is 0 Å². The molecule has 0 aliphatic heterocycles. The van der Waals surface area contributed by atoms with Gasteiger partial charge >= 0.3 is 39.5 Å². The van der Waals surface area contributed by atoms with Gasteiger partial charge in [0.2, 0.25) is 0 Å². The Bertz CT molecular complexity index is 2440. The van der Waals surface area contributed by atoms with Crippen molar-refractivity contribution >= 4 is 39.5 Å².